The number of benzene rings is 1. The summed E-state index contributed by atoms with van der Waals surface area (Å²) in [5.74, 6) is 1.13. The zero-order valence-corrected chi connectivity index (χ0v) is 13.0. The molecule has 4 heteroatoms. The molecule has 0 aromatic heterocycles. The van der Waals surface area contributed by atoms with E-state index in [0.29, 0.717) is 30.4 Å². The molecular formula is C17H26N2O2. The highest BCUT2D eigenvalue weighted by Crippen LogP contribution is 2.25. The molecule has 1 amide bonds. The summed E-state index contributed by atoms with van der Waals surface area (Å²) < 4.78 is 5.69. The van der Waals surface area contributed by atoms with Crippen LogP contribution in [0.4, 0.5) is 0 Å². The van der Waals surface area contributed by atoms with Gasteiger partial charge in [-0.1, -0.05) is 32.4 Å². The molecule has 1 fully saturated rings. The summed E-state index contributed by atoms with van der Waals surface area (Å²) in [5.41, 5.74) is 6.81. The standard InChI is InChI=1S/C17H26N2O2/c1-3-7-13-11-19(12-15(13)18)17(20)14-8-5-6-9-16(14)21-10-4-2/h5-6,8-9,13,15H,3-4,7,10-12,18H2,1-2H3. The van der Waals surface area contributed by atoms with Gasteiger partial charge in [0.1, 0.15) is 5.75 Å². The third kappa shape index (κ3) is 3.76. The average Bonchev–Trinajstić information content (AvgIpc) is 2.86. The van der Waals surface area contributed by atoms with Crippen molar-refractivity contribution in [3.05, 3.63) is 29.8 Å². The van der Waals surface area contributed by atoms with E-state index in [2.05, 4.69) is 13.8 Å². The van der Waals surface area contributed by atoms with Crippen molar-refractivity contribution < 1.29 is 9.53 Å². The first-order chi connectivity index (χ1) is 10.2. The Kier molecular flexibility index (Phi) is 5.62. The Morgan fingerprint density at radius 2 is 2.05 bits per heavy atom. The second kappa shape index (κ2) is 7.46. The van der Waals surface area contributed by atoms with Crippen LogP contribution >= 0.6 is 0 Å². The van der Waals surface area contributed by atoms with Crippen LogP contribution in [0, 0.1) is 5.92 Å². The molecule has 0 bridgehead atoms. The highest BCUT2D eigenvalue weighted by molar-refractivity contribution is 5.97. The molecule has 1 aliphatic rings. The van der Waals surface area contributed by atoms with Gasteiger partial charge >= 0.3 is 0 Å². The van der Waals surface area contributed by atoms with E-state index in [4.69, 9.17) is 10.5 Å². The summed E-state index contributed by atoms with van der Waals surface area (Å²) in [6.07, 6.45) is 3.12. The second-order valence-electron chi connectivity index (χ2n) is 5.77. The Morgan fingerprint density at radius 1 is 1.29 bits per heavy atom. The van der Waals surface area contributed by atoms with Crippen LogP contribution in [0.2, 0.25) is 0 Å². The topological polar surface area (TPSA) is 55.6 Å². The number of amides is 1. The lowest BCUT2D eigenvalue weighted by Crippen LogP contribution is -2.32. The van der Waals surface area contributed by atoms with Crippen LogP contribution in [-0.4, -0.2) is 36.5 Å². The summed E-state index contributed by atoms with van der Waals surface area (Å²) in [4.78, 5) is 14.6. The Morgan fingerprint density at radius 3 is 2.76 bits per heavy atom. The van der Waals surface area contributed by atoms with E-state index in [1.54, 1.807) is 0 Å². The molecule has 1 saturated heterocycles. The fourth-order valence-corrected chi connectivity index (χ4v) is 2.89. The fourth-order valence-electron chi connectivity index (χ4n) is 2.89. The average molecular weight is 290 g/mol. The molecule has 2 N–H and O–H groups in total. The number of nitrogens with two attached hydrogens (primary N) is 1. The number of nitrogens with zero attached hydrogens (tertiary/aromatic N) is 1. The van der Waals surface area contributed by atoms with Gasteiger partial charge in [-0.05, 0) is 30.9 Å². The van der Waals surface area contributed by atoms with E-state index in [1.807, 2.05) is 29.2 Å². The van der Waals surface area contributed by atoms with Gasteiger partial charge in [-0.2, -0.15) is 0 Å². The van der Waals surface area contributed by atoms with Crippen LogP contribution in [-0.2, 0) is 0 Å². The number of ether oxygens (including phenoxy) is 1. The van der Waals surface area contributed by atoms with Crippen molar-refractivity contribution in [2.24, 2.45) is 11.7 Å². The summed E-state index contributed by atoms with van der Waals surface area (Å²) in [6, 6.07) is 7.58. The van der Waals surface area contributed by atoms with Crippen LogP contribution < -0.4 is 10.5 Å². The number of carbonyl (C=O) groups excluding carboxylic acids is 1. The van der Waals surface area contributed by atoms with Crippen LogP contribution in [0.1, 0.15) is 43.5 Å². The molecule has 2 unspecified atom stereocenters. The van der Waals surface area contributed by atoms with Gasteiger partial charge in [0.25, 0.3) is 5.91 Å². The van der Waals surface area contributed by atoms with Gasteiger partial charge in [0.2, 0.25) is 0 Å². The Balaban J connectivity index is 2.10. The van der Waals surface area contributed by atoms with Crippen molar-refractivity contribution in [2.45, 2.75) is 39.2 Å². The van der Waals surface area contributed by atoms with E-state index in [0.717, 1.165) is 25.8 Å². The zero-order valence-electron chi connectivity index (χ0n) is 13.0. The Labute approximate surface area is 127 Å². The van der Waals surface area contributed by atoms with Gasteiger partial charge in [0.05, 0.1) is 12.2 Å². The lowest BCUT2D eigenvalue weighted by atomic mass is 9.99. The van der Waals surface area contributed by atoms with E-state index in [1.165, 1.54) is 0 Å². The third-order valence-corrected chi connectivity index (χ3v) is 4.02. The smallest absolute Gasteiger partial charge is 0.257 e. The highest BCUT2D eigenvalue weighted by atomic mass is 16.5. The molecule has 0 saturated carbocycles. The fraction of sp³-hybridized carbons (Fsp3) is 0.588. The van der Waals surface area contributed by atoms with Crippen molar-refractivity contribution in [2.75, 3.05) is 19.7 Å². The maximum atomic E-state index is 12.7. The molecule has 0 radical (unpaired) electrons. The molecule has 1 heterocycles. The molecule has 21 heavy (non-hydrogen) atoms. The Bertz CT molecular complexity index is 476. The van der Waals surface area contributed by atoms with E-state index < -0.39 is 0 Å². The largest absolute Gasteiger partial charge is 0.493 e. The molecule has 116 valence electrons. The van der Waals surface area contributed by atoms with Gasteiger partial charge in [-0.3, -0.25) is 4.79 Å². The zero-order chi connectivity index (χ0) is 15.2. The molecule has 1 aromatic rings. The summed E-state index contributed by atoms with van der Waals surface area (Å²) in [5, 5.41) is 0. The number of carbonyl (C=O) groups is 1. The Hall–Kier alpha value is -1.55. The van der Waals surface area contributed by atoms with E-state index in [9.17, 15) is 4.79 Å². The quantitative estimate of drug-likeness (QED) is 0.876. The van der Waals surface area contributed by atoms with Crippen LogP contribution in [0.25, 0.3) is 0 Å². The van der Waals surface area contributed by atoms with E-state index in [-0.39, 0.29) is 11.9 Å². The van der Waals surface area contributed by atoms with Gasteiger partial charge in [0.15, 0.2) is 0 Å². The van der Waals surface area contributed by atoms with Crippen molar-refractivity contribution in [3.63, 3.8) is 0 Å². The number of likely N-dealkylation sites (tertiary alicyclic amines) is 1. The van der Waals surface area contributed by atoms with Crippen molar-refractivity contribution >= 4 is 5.91 Å². The predicted octanol–water partition coefficient (Wildman–Crippen LogP) is 2.67. The van der Waals surface area contributed by atoms with Crippen molar-refractivity contribution in [1.29, 1.82) is 0 Å². The first kappa shape index (κ1) is 15.8. The normalized spacial score (nSPS) is 21.6. The summed E-state index contributed by atoms with van der Waals surface area (Å²) in [7, 11) is 0. The van der Waals surface area contributed by atoms with Gasteiger partial charge in [-0.25, -0.2) is 0 Å². The number of hydrogen-bond acceptors (Lipinski definition) is 3. The first-order valence-corrected chi connectivity index (χ1v) is 7.94. The first-order valence-electron chi connectivity index (χ1n) is 7.94. The number of rotatable bonds is 6. The molecule has 2 atom stereocenters. The number of para-hydroxylation sites is 1. The van der Waals surface area contributed by atoms with Crippen LogP contribution in [0.3, 0.4) is 0 Å². The molecule has 4 nitrogen and oxygen atoms in total. The maximum Gasteiger partial charge on any atom is 0.257 e. The summed E-state index contributed by atoms with van der Waals surface area (Å²) >= 11 is 0. The molecule has 0 spiro atoms. The molecule has 1 aliphatic heterocycles. The molecule has 0 aliphatic carbocycles. The van der Waals surface area contributed by atoms with Gasteiger partial charge in [0, 0.05) is 19.1 Å². The predicted molar refractivity (Wildman–Crippen MR) is 84.5 cm³/mol. The van der Waals surface area contributed by atoms with E-state index >= 15 is 0 Å². The molecule has 2 rings (SSSR count). The second-order valence-corrected chi connectivity index (χ2v) is 5.77. The highest BCUT2D eigenvalue weighted by Gasteiger charge is 2.33. The minimum Gasteiger partial charge on any atom is -0.493 e. The lowest BCUT2D eigenvalue weighted by molar-refractivity contribution is 0.0781. The lowest BCUT2D eigenvalue weighted by Gasteiger charge is -2.18. The third-order valence-electron chi connectivity index (χ3n) is 4.02. The van der Waals surface area contributed by atoms with Gasteiger partial charge in [-0.15, -0.1) is 0 Å². The van der Waals surface area contributed by atoms with Crippen molar-refractivity contribution in [1.82, 2.24) is 4.90 Å². The molecular weight excluding hydrogens is 264 g/mol. The maximum absolute atomic E-state index is 12.7. The minimum absolute atomic E-state index is 0.0377. The summed E-state index contributed by atoms with van der Waals surface area (Å²) in [6.45, 7) is 6.24. The van der Waals surface area contributed by atoms with Gasteiger partial charge < -0.3 is 15.4 Å². The van der Waals surface area contributed by atoms with Crippen LogP contribution in [0.15, 0.2) is 24.3 Å². The number of hydrogen-bond donors (Lipinski definition) is 1. The monoisotopic (exact) mass is 290 g/mol. The molecule has 1 aromatic carbocycles. The minimum atomic E-state index is 0.0377. The van der Waals surface area contributed by atoms with Crippen LogP contribution in [0.5, 0.6) is 5.75 Å². The SMILES string of the molecule is CCCOc1ccccc1C(=O)N1CC(N)C(CCC)C1. The van der Waals surface area contributed by atoms with Crippen molar-refractivity contribution in [3.8, 4) is 5.75 Å².